The van der Waals surface area contributed by atoms with Gasteiger partial charge in [0.15, 0.2) is 0 Å². The Morgan fingerprint density at radius 3 is 2.57 bits per heavy atom. The van der Waals surface area contributed by atoms with Crippen molar-refractivity contribution in [2.75, 3.05) is 0 Å². The summed E-state index contributed by atoms with van der Waals surface area (Å²) in [7, 11) is 0. The first-order valence-electron chi connectivity index (χ1n) is 5.79. The van der Waals surface area contributed by atoms with Crippen LogP contribution in [0.4, 0.5) is 0 Å². The van der Waals surface area contributed by atoms with E-state index in [9.17, 15) is 0 Å². The molecular weight excluding hydrogens is 168 g/mol. The Hall–Kier alpha value is -0.520. The van der Waals surface area contributed by atoms with Crippen molar-refractivity contribution in [3.8, 4) is 0 Å². The van der Waals surface area contributed by atoms with Crippen molar-refractivity contribution in [3.63, 3.8) is 0 Å². The zero-order valence-corrected chi connectivity index (χ0v) is 10.2. The highest BCUT2D eigenvalue weighted by atomic mass is 14.3. The van der Waals surface area contributed by atoms with Crippen molar-refractivity contribution in [3.05, 3.63) is 23.8 Å². The van der Waals surface area contributed by atoms with Gasteiger partial charge in [-0.1, -0.05) is 38.0 Å². The highest BCUT2D eigenvalue weighted by molar-refractivity contribution is 5.24. The van der Waals surface area contributed by atoms with Crippen molar-refractivity contribution < 1.29 is 0 Å². The van der Waals surface area contributed by atoms with Crippen molar-refractivity contribution in [1.29, 1.82) is 0 Å². The predicted octanol–water partition coefficient (Wildman–Crippen LogP) is 4.73. The van der Waals surface area contributed by atoms with Gasteiger partial charge in [0.25, 0.3) is 0 Å². The molecule has 0 aromatic rings. The second-order valence-corrected chi connectivity index (χ2v) is 5.36. The SMILES string of the molecule is C=CC(C)CCC1=C(C)C(C)(C)CC1. The minimum Gasteiger partial charge on any atom is -0.103 e. The Morgan fingerprint density at radius 1 is 1.50 bits per heavy atom. The third kappa shape index (κ3) is 2.50. The third-order valence-electron chi connectivity index (χ3n) is 3.90. The maximum atomic E-state index is 3.84. The van der Waals surface area contributed by atoms with E-state index < -0.39 is 0 Å². The van der Waals surface area contributed by atoms with Gasteiger partial charge in [-0.05, 0) is 43.9 Å². The molecule has 1 aliphatic carbocycles. The average Bonchev–Trinajstić information content (AvgIpc) is 2.40. The summed E-state index contributed by atoms with van der Waals surface area (Å²) in [5.41, 5.74) is 3.82. The van der Waals surface area contributed by atoms with Gasteiger partial charge in [0.2, 0.25) is 0 Å². The van der Waals surface area contributed by atoms with E-state index in [1.54, 1.807) is 11.1 Å². The average molecular weight is 192 g/mol. The monoisotopic (exact) mass is 192 g/mol. The molecule has 0 fully saturated rings. The van der Waals surface area contributed by atoms with Crippen LogP contribution in [-0.4, -0.2) is 0 Å². The van der Waals surface area contributed by atoms with E-state index in [1.165, 1.54) is 25.7 Å². The molecule has 0 heteroatoms. The van der Waals surface area contributed by atoms with E-state index in [0.29, 0.717) is 11.3 Å². The van der Waals surface area contributed by atoms with Gasteiger partial charge in [-0.3, -0.25) is 0 Å². The summed E-state index contributed by atoms with van der Waals surface area (Å²) in [6.45, 7) is 13.1. The zero-order chi connectivity index (χ0) is 10.8. The molecule has 0 nitrogen and oxygen atoms in total. The Morgan fingerprint density at radius 2 is 2.14 bits per heavy atom. The third-order valence-corrected chi connectivity index (χ3v) is 3.90. The van der Waals surface area contributed by atoms with E-state index >= 15 is 0 Å². The first kappa shape index (κ1) is 11.6. The molecular formula is C14H24. The van der Waals surface area contributed by atoms with Crippen LogP contribution in [0, 0.1) is 11.3 Å². The van der Waals surface area contributed by atoms with Gasteiger partial charge in [-0.15, -0.1) is 6.58 Å². The molecule has 0 aromatic heterocycles. The predicted molar refractivity (Wildman–Crippen MR) is 64.3 cm³/mol. The lowest BCUT2D eigenvalue weighted by molar-refractivity contribution is 0.442. The smallest absolute Gasteiger partial charge is 0.0142 e. The van der Waals surface area contributed by atoms with Crippen molar-refractivity contribution in [2.45, 2.75) is 53.4 Å². The Labute approximate surface area is 89.1 Å². The summed E-state index contributed by atoms with van der Waals surface area (Å²) in [5, 5.41) is 0. The van der Waals surface area contributed by atoms with Crippen LogP contribution in [0.5, 0.6) is 0 Å². The molecule has 14 heavy (non-hydrogen) atoms. The fourth-order valence-corrected chi connectivity index (χ4v) is 2.15. The summed E-state index contributed by atoms with van der Waals surface area (Å²) >= 11 is 0. The lowest BCUT2D eigenvalue weighted by Crippen LogP contribution is -2.07. The van der Waals surface area contributed by atoms with E-state index in [-0.39, 0.29) is 0 Å². The van der Waals surface area contributed by atoms with Crippen LogP contribution in [-0.2, 0) is 0 Å². The summed E-state index contributed by atoms with van der Waals surface area (Å²) in [4.78, 5) is 0. The molecule has 0 bridgehead atoms. The Bertz CT molecular complexity index is 243. The number of hydrogen-bond acceptors (Lipinski definition) is 0. The summed E-state index contributed by atoms with van der Waals surface area (Å²) in [6.07, 6.45) is 7.28. The minimum atomic E-state index is 0.465. The van der Waals surface area contributed by atoms with Crippen LogP contribution < -0.4 is 0 Å². The summed E-state index contributed by atoms with van der Waals surface area (Å²) in [6, 6.07) is 0. The molecule has 80 valence electrons. The second kappa shape index (κ2) is 4.33. The van der Waals surface area contributed by atoms with Gasteiger partial charge in [-0.2, -0.15) is 0 Å². The molecule has 0 aliphatic heterocycles. The molecule has 0 saturated heterocycles. The normalized spacial score (nSPS) is 22.6. The van der Waals surface area contributed by atoms with Gasteiger partial charge < -0.3 is 0 Å². The summed E-state index contributed by atoms with van der Waals surface area (Å²) < 4.78 is 0. The molecule has 1 rings (SSSR count). The minimum absolute atomic E-state index is 0.465. The highest BCUT2D eigenvalue weighted by Gasteiger charge is 2.28. The number of rotatable bonds is 4. The van der Waals surface area contributed by atoms with Crippen LogP contribution in [0.3, 0.4) is 0 Å². The molecule has 1 unspecified atom stereocenters. The molecule has 1 aliphatic rings. The van der Waals surface area contributed by atoms with Crippen LogP contribution >= 0.6 is 0 Å². The molecule has 1 atom stereocenters. The number of hydrogen-bond donors (Lipinski definition) is 0. The van der Waals surface area contributed by atoms with Crippen LogP contribution in [0.15, 0.2) is 23.8 Å². The molecule has 0 heterocycles. The lowest BCUT2D eigenvalue weighted by Gasteiger charge is -2.19. The highest BCUT2D eigenvalue weighted by Crippen LogP contribution is 2.43. The largest absolute Gasteiger partial charge is 0.103 e. The van der Waals surface area contributed by atoms with Gasteiger partial charge in [0, 0.05) is 0 Å². The van der Waals surface area contributed by atoms with Gasteiger partial charge >= 0.3 is 0 Å². The molecule has 0 N–H and O–H groups in total. The van der Waals surface area contributed by atoms with Gasteiger partial charge in [0.1, 0.15) is 0 Å². The van der Waals surface area contributed by atoms with Gasteiger partial charge in [-0.25, -0.2) is 0 Å². The van der Waals surface area contributed by atoms with E-state index in [0.717, 1.165) is 0 Å². The molecule has 0 saturated carbocycles. The van der Waals surface area contributed by atoms with E-state index in [4.69, 9.17) is 0 Å². The maximum Gasteiger partial charge on any atom is -0.0142 e. The van der Waals surface area contributed by atoms with E-state index in [2.05, 4.69) is 40.3 Å². The van der Waals surface area contributed by atoms with Crippen LogP contribution in [0.2, 0.25) is 0 Å². The molecule has 0 aromatic carbocycles. The van der Waals surface area contributed by atoms with Crippen LogP contribution in [0.25, 0.3) is 0 Å². The number of allylic oxidation sites excluding steroid dienone is 3. The topological polar surface area (TPSA) is 0 Å². The fraction of sp³-hybridized carbons (Fsp3) is 0.714. The molecule has 0 radical (unpaired) electrons. The Balaban J connectivity index is 2.54. The first-order valence-corrected chi connectivity index (χ1v) is 5.79. The van der Waals surface area contributed by atoms with E-state index in [1.807, 2.05) is 0 Å². The molecule has 0 spiro atoms. The van der Waals surface area contributed by atoms with Crippen molar-refractivity contribution in [2.24, 2.45) is 11.3 Å². The van der Waals surface area contributed by atoms with Crippen molar-refractivity contribution >= 4 is 0 Å². The fourth-order valence-electron chi connectivity index (χ4n) is 2.15. The van der Waals surface area contributed by atoms with Crippen molar-refractivity contribution in [1.82, 2.24) is 0 Å². The second-order valence-electron chi connectivity index (χ2n) is 5.36. The summed E-state index contributed by atoms with van der Waals surface area (Å²) in [5.74, 6) is 0.666. The van der Waals surface area contributed by atoms with Gasteiger partial charge in [0.05, 0.1) is 0 Å². The zero-order valence-electron chi connectivity index (χ0n) is 10.2. The first-order chi connectivity index (χ1) is 6.47. The standard InChI is InChI=1S/C14H24/c1-6-11(2)7-8-13-9-10-14(4,5)12(13)3/h6,11H,1,7-10H2,2-5H3. The lowest BCUT2D eigenvalue weighted by atomic mass is 9.86. The Kier molecular flexibility index (Phi) is 3.58. The maximum absolute atomic E-state index is 3.84. The van der Waals surface area contributed by atoms with Crippen LogP contribution in [0.1, 0.15) is 53.4 Å². The molecule has 0 amide bonds. The quantitative estimate of drug-likeness (QED) is 0.565.